The predicted octanol–water partition coefficient (Wildman–Crippen LogP) is 0.840. The van der Waals surface area contributed by atoms with Crippen LogP contribution in [-0.4, -0.2) is 33.6 Å². The second-order valence-electron chi connectivity index (χ2n) is 7.13. The van der Waals surface area contributed by atoms with Gasteiger partial charge < -0.3 is 11.5 Å². The smallest absolute Gasteiger partial charge is 0.354 e. The summed E-state index contributed by atoms with van der Waals surface area (Å²) in [5.74, 6) is 2.56. The van der Waals surface area contributed by atoms with Crippen LogP contribution in [0.25, 0.3) is 5.69 Å². The number of benzene rings is 1. The Hall–Kier alpha value is -2.18. The number of nitrogens with zero attached hydrogens (tertiary/aromatic N) is 3. The fourth-order valence-corrected chi connectivity index (χ4v) is 4.20. The Bertz CT molecular complexity index is 786. The van der Waals surface area contributed by atoms with Crippen molar-refractivity contribution in [3.05, 3.63) is 52.6 Å². The van der Waals surface area contributed by atoms with Gasteiger partial charge in [-0.25, -0.2) is 4.79 Å². The zero-order valence-corrected chi connectivity index (χ0v) is 13.8. The predicted molar refractivity (Wildman–Crippen MR) is 93.6 cm³/mol. The molecule has 6 heteroatoms. The zero-order valence-electron chi connectivity index (χ0n) is 13.8. The molecule has 4 rings (SSSR count). The highest BCUT2D eigenvalue weighted by Gasteiger charge is 2.56. The molecule has 1 aliphatic carbocycles. The first kappa shape index (κ1) is 15.4. The number of nitrogens with two attached hydrogens (primary N) is 2. The number of likely N-dealkylation sites (tertiary alicyclic amines) is 1. The van der Waals surface area contributed by atoms with E-state index in [1.807, 2.05) is 12.1 Å². The van der Waals surface area contributed by atoms with Crippen LogP contribution in [0.2, 0.25) is 0 Å². The van der Waals surface area contributed by atoms with Crippen molar-refractivity contribution in [3.63, 3.8) is 0 Å². The minimum atomic E-state index is -0.357. The Labute approximate surface area is 141 Å². The van der Waals surface area contributed by atoms with Crippen molar-refractivity contribution in [2.45, 2.75) is 19.5 Å². The molecule has 2 fully saturated rings. The molecule has 1 aromatic carbocycles. The van der Waals surface area contributed by atoms with Crippen LogP contribution in [0, 0.1) is 17.8 Å². The number of aromatic nitrogens is 2. The van der Waals surface area contributed by atoms with Crippen molar-refractivity contribution in [1.82, 2.24) is 14.5 Å². The van der Waals surface area contributed by atoms with E-state index in [1.54, 1.807) is 12.3 Å². The van der Waals surface area contributed by atoms with Gasteiger partial charge in [0.2, 0.25) is 0 Å². The van der Waals surface area contributed by atoms with Crippen LogP contribution in [0.1, 0.15) is 12.5 Å². The van der Waals surface area contributed by atoms with E-state index < -0.39 is 0 Å². The molecule has 4 N–H and O–H groups in total. The molecule has 4 atom stereocenters. The molecule has 0 amide bonds. The molecule has 0 bridgehead atoms. The van der Waals surface area contributed by atoms with Gasteiger partial charge in [0.1, 0.15) is 5.82 Å². The van der Waals surface area contributed by atoms with Gasteiger partial charge in [-0.15, -0.1) is 0 Å². The van der Waals surface area contributed by atoms with E-state index >= 15 is 0 Å². The first-order valence-corrected chi connectivity index (χ1v) is 8.45. The summed E-state index contributed by atoms with van der Waals surface area (Å²) in [5, 5.41) is 0. The van der Waals surface area contributed by atoms with Crippen LogP contribution < -0.4 is 17.2 Å². The maximum atomic E-state index is 11.9. The summed E-state index contributed by atoms with van der Waals surface area (Å²) >= 11 is 0. The van der Waals surface area contributed by atoms with Crippen molar-refractivity contribution < 1.29 is 0 Å². The van der Waals surface area contributed by atoms with E-state index in [-0.39, 0.29) is 11.5 Å². The number of rotatable bonds is 4. The second-order valence-corrected chi connectivity index (χ2v) is 7.13. The molecular formula is C18H23N5O. The number of piperidine rings is 1. The van der Waals surface area contributed by atoms with Crippen molar-refractivity contribution in [1.29, 1.82) is 0 Å². The van der Waals surface area contributed by atoms with Crippen molar-refractivity contribution in [3.8, 4) is 5.69 Å². The molecule has 1 aliphatic heterocycles. The monoisotopic (exact) mass is 325 g/mol. The summed E-state index contributed by atoms with van der Waals surface area (Å²) in [6.45, 7) is 5.38. The van der Waals surface area contributed by atoms with Gasteiger partial charge in [0, 0.05) is 31.9 Å². The van der Waals surface area contributed by atoms with Crippen molar-refractivity contribution >= 4 is 5.82 Å². The average Bonchev–Trinajstić information content (AvgIpc) is 3.06. The van der Waals surface area contributed by atoms with E-state index in [0.29, 0.717) is 6.04 Å². The lowest BCUT2D eigenvalue weighted by atomic mass is 10.1. The van der Waals surface area contributed by atoms with Crippen molar-refractivity contribution in [2.75, 3.05) is 18.8 Å². The summed E-state index contributed by atoms with van der Waals surface area (Å²) < 4.78 is 1.50. The van der Waals surface area contributed by atoms with Crippen LogP contribution in [0.15, 0.2) is 41.3 Å². The molecule has 6 nitrogen and oxygen atoms in total. The van der Waals surface area contributed by atoms with E-state index in [0.717, 1.165) is 43.1 Å². The van der Waals surface area contributed by atoms with E-state index in [4.69, 9.17) is 11.5 Å². The first-order chi connectivity index (χ1) is 11.5. The minimum Gasteiger partial charge on any atom is -0.383 e. The van der Waals surface area contributed by atoms with Crippen LogP contribution in [0.5, 0.6) is 0 Å². The van der Waals surface area contributed by atoms with Crippen LogP contribution in [-0.2, 0) is 6.54 Å². The summed E-state index contributed by atoms with van der Waals surface area (Å²) in [5.41, 5.74) is 13.3. The Morgan fingerprint density at radius 1 is 1.21 bits per heavy atom. The highest BCUT2D eigenvalue weighted by molar-refractivity contribution is 5.36. The lowest BCUT2D eigenvalue weighted by Crippen LogP contribution is -2.29. The maximum Gasteiger partial charge on any atom is 0.354 e. The Balaban J connectivity index is 1.41. The molecule has 0 radical (unpaired) electrons. The van der Waals surface area contributed by atoms with Gasteiger partial charge in [0.05, 0.1) is 5.69 Å². The number of fused-ring (bicyclic) bond motifs is 1. The summed E-state index contributed by atoms with van der Waals surface area (Å²) in [4.78, 5) is 18.1. The lowest BCUT2D eigenvalue weighted by molar-refractivity contribution is 0.270. The van der Waals surface area contributed by atoms with E-state index in [2.05, 4.69) is 28.9 Å². The number of nitrogen functional groups attached to an aromatic ring is 1. The third-order valence-electron chi connectivity index (χ3n) is 5.39. The molecule has 0 spiro atoms. The van der Waals surface area contributed by atoms with Gasteiger partial charge in [-0.2, -0.15) is 4.98 Å². The average molecular weight is 325 g/mol. The topological polar surface area (TPSA) is 90.2 Å². The van der Waals surface area contributed by atoms with Crippen LogP contribution in [0.4, 0.5) is 5.82 Å². The Morgan fingerprint density at radius 2 is 1.88 bits per heavy atom. The highest BCUT2D eigenvalue weighted by Crippen LogP contribution is 2.53. The molecule has 2 unspecified atom stereocenters. The molecule has 126 valence electrons. The molecule has 2 aromatic rings. The molecule has 1 aromatic heterocycles. The summed E-state index contributed by atoms with van der Waals surface area (Å²) in [6.07, 6.45) is 1.65. The van der Waals surface area contributed by atoms with Gasteiger partial charge in [0.15, 0.2) is 0 Å². The largest absolute Gasteiger partial charge is 0.383 e. The maximum absolute atomic E-state index is 11.9. The van der Waals surface area contributed by atoms with Gasteiger partial charge >= 0.3 is 5.69 Å². The van der Waals surface area contributed by atoms with E-state index in [9.17, 15) is 4.79 Å². The van der Waals surface area contributed by atoms with Gasteiger partial charge in [-0.3, -0.25) is 9.47 Å². The number of hydrogen-bond donors (Lipinski definition) is 2. The number of anilines is 1. The molecule has 24 heavy (non-hydrogen) atoms. The van der Waals surface area contributed by atoms with Gasteiger partial charge in [-0.1, -0.05) is 12.1 Å². The minimum absolute atomic E-state index is 0.241. The molecular weight excluding hydrogens is 302 g/mol. The molecule has 2 heterocycles. The molecule has 1 saturated heterocycles. The fraction of sp³-hybridized carbons (Fsp3) is 0.444. The molecule has 2 aliphatic rings. The standard InChI is InChI=1S/C18H23N5O/c1-11(19)17-14-9-22(10-15(14)17)8-12-2-4-13(5-3-12)23-7-6-16(20)21-18(23)24/h2-7,11,14-15,17H,8-10,19H2,1H3,(H2,20,21,24)/t11?,14-,15+,17?. The van der Waals surface area contributed by atoms with Crippen LogP contribution in [0.3, 0.4) is 0 Å². The summed E-state index contributed by atoms with van der Waals surface area (Å²) in [7, 11) is 0. The summed E-state index contributed by atoms with van der Waals surface area (Å²) in [6, 6.07) is 10.0. The fourth-order valence-electron chi connectivity index (χ4n) is 4.20. The Kier molecular flexibility index (Phi) is 3.66. The third kappa shape index (κ3) is 2.72. The normalized spacial score (nSPS) is 27.0. The number of hydrogen-bond acceptors (Lipinski definition) is 5. The Morgan fingerprint density at radius 3 is 2.46 bits per heavy atom. The third-order valence-corrected chi connectivity index (χ3v) is 5.39. The highest BCUT2D eigenvalue weighted by atomic mass is 16.1. The van der Waals surface area contributed by atoms with Crippen LogP contribution >= 0.6 is 0 Å². The van der Waals surface area contributed by atoms with Crippen molar-refractivity contribution in [2.24, 2.45) is 23.5 Å². The SMILES string of the molecule is CC(N)C1[C@H]2CN(Cc3ccc(-n4ccc(N)nc4=O)cc3)C[C@@H]12. The lowest BCUT2D eigenvalue weighted by Gasteiger charge is -2.20. The quantitative estimate of drug-likeness (QED) is 0.869. The van der Waals surface area contributed by atoms with Gasteiger partial charge in [0.25, 0.3) is 0 Å². The molecule has 1 saturated carbocycles. The second kappa shape index (κ2) is 5.72. The van der Waals surface area contributed by atoms with E-state index in [1.165, 1.54) is 10.1 Å². The van der Waals surface area contributed by atoms with Gasteiger partial charge in [-0.05, 0) is 48.4 Å². The zero-order chi connectivity index (χ0) is 16.8. The first-order valence-electron chi connectivity index (χ1n) is 8.45.